The first kappa shape index (κ1) is 24.1. The number of nitrogens with zero attached hydrogens (tertiary/aromatic N) is 2. The van der Waals surface area contributed by atoms with Gasteiger partial charge in [0, 0.05) is 31.7 Å². The molecule has 0 aliphatic carbocycles. The third-order valence-electron chi connectivity index (χ3n) is 5.58. The van der Waals surface area contributed by atoms with Crippen LogP contribution in [0.4, 0.5) is 4.39 Å². The van der Waals surface area contributed by atoms with E-state index in [9.17, 15) is 27.2 Å². The number of benzene rings is 2. The van der Waals surface area contributed by atoms with Gasteiger partial charge in [0.05, 0.1) is 11.2 Å². The Bertz CT molecular complexity index is 1300. The normalized spacial score (nSPS) is 14.9. The van der Waals surface area contributed by atoms with Gasteiger partial charge in [-0.1, -0.05) is 18.2 Å². The lowest BCUT2D eigenvalue weighted by molar-refractivity contribution is -0.132. The highest BCUT2D eigenvalue weighted by molar-refractivity contribution is 7.92. The highest BCUT2D eigenvalue weighted by Gasteiger charge is 2.40. The van der Waals surface area contributed by atoms with E-state index in [-0.39, 0.29) is 42.7 Å². The maximum absolute atomic E-state index is 13.4. The van der Waals surface area contributed by atoms with E-state index >= 15 is 0 Å². The number of furan rings is 1. The lowest BCUT2D eigenvalue weighted by Crippen LogP contribution is -2.57. The van der Waals surface area contributed by atoms with Gasteiger partial charge >= 0.3 is 0 Å². The van der Waals surface area contributed by atoms with E-state index in [1.54, 1.807) is 35.2 Å². The smallest absolute Gasteiger partial charge is 0.288 e. The molecule has 1 aromatic heterocycles. The monoisotopic (exact) mass is 499 g/mol. The second kappa shape index (κ2) is 10.1. The van der Waals surface area contributed by atoms with Gasteiger partial charge in [-0.15, -0.1) is 0 Å². The molecule has 1 saturated heterocycles. The van der Waals surface area contributed by atoms with E-state index < -0.39 is 32.8 Å². The van der Waals surface area contributed by atoms with E-state index in [0.717, 1.165) is 24.3 Å². The Morgan fingerprint density at radius 3 is 2.09 bits per heavy atom. The van der Waals surface area contributed by atoms with Gasteiger partial charge in [0.2, 0.25) is 15.2 Å². The molecule has 0 spiro atoms. The first-order chi connectivity index (χ1) is 16.8. The van der Waals surface area contributed by atoms with Crippen molar-refractivity contribution < 1.29 is 31.6 Å². The van der Waals surface area contributed by atoms with E-state index in [2.05, 4.69) is 5.32 Å². The van der Waals surface area contributed by atoms with Crippen molar-refractivity contribution in [3.8, 4) is 0 Å². The summed E-state index contributed by atoms with van der Waals surface area (Å²) in [6.07, 6.45) is 1.24. The maximum atomic E-state index is 13.4. The fraction of sp³-hybridized carbons (Fsp3) is 0.208. The van der Waals surface area contributed by atoms with Crippen molar-refractivity contribution in [3.05, 3.63) is 90.1 Å². The molecule has 0 unspecified atom stereocenters. The molecule has 0 saturated carbocycles. The van der Waals surface area contributed by atoms with Crippen LogP contribution in [0.25, 0.3) is 0 Å². The number of carbonyl (C=O) groups is 3. The standard InChI is InChI=1S/C24H22FN3O6S/c25-18-8-10-19(11-9-18)35(32,33)22(26-21(29)20-7-4-16-34-20)24(31)28-14-12-27(13-15-28)23(30)17-5-2-1-3-6-17/h1-11,16,22H,12-15H2,(H,26,29)/t22-/m0/s1. The van der Waals surface area contributed by atoms with Gasteiger partial charge in [0.15, 0.2) is 5.76 Å². The number of carbonyl (C=O) groups excluding carboxylic acids is 3. The van der Waals surface area contributed by atoms with Gasteiger partial charge in [-0.3, -0.25) is 14.4 Å². The molecule has 2 aromatic carbocycles. The van der Waals surface area contributed by atoms with E-state index in [1.807, 2.05) is 0 Å². The van der Waals surface area contributed by atoms with Gasteiger partial charge in [0.1, 0.15) is 5.82 Å². The molecule has 1 N–H and O–H groups in total. The molecule has 1 fully saturated rings. The zero-order valence-electron chi connectivity index (χ0n) is 18.5. The summed E-state index contributed by atoms with van der Waals surface area (Å²) in [5.41, 5.74) is 0.509. The van der Waals surface area contributed by atoms with Gasteiger partial charge in [-0.05, 0) is 48.5 Å². The largest absolute Gasteiger partial charge is 0.459 e. The minimum atomic E-state index is -4.44. The fourth-order valence-electron chi connectivity index (χ4n) is 3.69. The Morgan fingerprint density at radius 2 is 1.49 bits per heavy atom. The first-order valence-electron chi connectivity index (χ1n) is 10.7. The minimum Gasteiger partial charge on any atom is -0.459 e. The maximum Gasteiger partial charge on any atom is 0.288 e. The second-order valence-electron chi connectivity index (χ2n) is 7.81. The van der Waals surface area contributed by atoms with Crippen molar-refractivity contribution >= 4 is 27.6 Å². The van der Waals surface area contributed by atoms with Crippen LogP contribution in [0.2, 0.25) is 0 Å². The van der Waals surface area contributed by atoms with Gasteiger partial charge in [-0.2, -0.15) is 0 Å². The van der Waals surface area contributed by atoms with E-state index in [0.29, 0.717) is 5.56 Å². The predicted molar refractivity (Wildman–Crippen MR) is 122 cm³/mol. The molecular weight excluding hydrogens is 477 g/mol. The number of nitrogens with one attached hydrogen (secondary N) is 1. The van der Waals surface area contributed by atoms with Crippen LogP contribution in [-0.4, -0.2) is 67.5 Å². The average Bonchev–Trinajstić information content (AvgIpc) is 3.42. The number of piperazine rings is 1. The molecule has 2 heterocycles. The summed E-state index contributed by atoms with van der Waals surface area (Å²) < 4.78 is 45.0. The summed E-state index contributed by atoms with van der Waals surface area (Å²) in [4.78, 5) is 41.2. The molecule has 182 valence electrons. The van der Waals surface area contributed by atoms with E-state index in [4.69, 9.17) is 4.42 Å². The Morgan fingerprint density at radius 1 is 0.857 bits per heavy atom. The highest BCUT2D eigenvalue weighted by Crippen LogP contribution is 2.19. The molecule has 1 atom stereocenters. The molecule has 3 amide bonds. The Kier molecular flexibility index (Phi) is 6.97. The first-order valence-corrected chi connectivity index (χ1v) is 12.3. The van der Waals surface area contributed by atoms with Crippen LogP contribution in [0.15, 0.2) is 82.3 Å². The second-order valence-corrected chi connectivity index (χ2v) is 9.85. The van der Waals surface area contributed by atoms with Crippen LogP contribution in [0, 0.1) is 5.82 Å². The van der Waals surface area contributed by atoms with Crippen LogP contribution in [0.1, 0.15) is 20.9 Å². The molecule has 9 nitrogen and oxygen atoms in total. The van der Waals surface area contributed by atoms with Crippen LogP contribution < -0.4 is 5.32 Å². The summed E-state index contributed by atoms with van der Waals surface area (Å²) in [5, 5.41) is 0.273. The molecular formula is C24H22FN3O6S. The van der Waals surface area contributed by atoms with Gasteiger partial charge in [0.25, 0.3) is 17.7 Å². The summed E-state index contributed by atoms with van der Waals surface area (Å²) >= 11 is 0. The number of hydrogen-bond donors (Lipinski definition) is 1. The molecule has 4 rings (SSSR count). The molecule has 0 radical (unpaired) electrons. The average molecular weight is 500 g/mol. The SMILES string of the molecule is O=C(N[C@H](C(=O)N1CCN(C(=O)c2ccccc2)CC1)S(=O)(=O)c1ccc(F)cc1)c1ccco1. The van der Waals surface area contributed by atoms with Crippen molar-refractivity contribution in [1.29, 1.82) is 0 Å². The predicted octanol–water partition coefficient (Wildman–Crippen LogP) is 1.93. The third kappa shape index (κ3) is 5.24. The lowest BCUT2D eigenvalue weighted by Gasteiger charge is -2.36. The number of halogens is 1. The molecule has 35 heavy (non-hydrogen) atoms. The number of amides is 3. The zero-order valence-corrected chi connectivity index (χ0v) is 19.3. The molecule has 3 aromatic rings. The summed E-state index contributed by atoms with van der Waals surface area (Å²) in [5.74, 6) is -2.77. The van der Waals surface area contributed by atoms with Crippen molar-refractivity contribution in [2.45, 2.75) is 10.3 Å². The molecule has 11 heteroatoms. The van der Waals surface area contributed by atoms with Crippen LogP contribution in [0.5, 0.6) is 0 Å². The topological polar surface area (TPSA) is 117 Å². The summed E-state index contributed by atoms with van der Waals surface area (Å²) in [6, 6.07) is 15.4. The van der Waals surface area contributed by atoms with Crippen LogP contribution >= 0.6 is 0 Å². The quantitative estimate of drug-likeness (QED) is 0.518. The minimum absolute atomic E-state index is 0.0729. The Labute approximate surface area is 201 Å². The highest BCUT2D eigenvalue weighted by atomic mass is 32.2. The van der Waals surface area contributed by atoms with Gasteiger partial charge < -0.3 is 19.5 Å². The van der Waals surface area contributed by atoms with Crippen LogP contribution in [-0.2, 0) is 14.6 Å². The molecule has 1 aliphatic heterocycles. The zero-order chi connectivity index (χ0) is 25.0. The number of hydrogen-bond acceptors (Lipinski definition) is 6. The third-order valence-corrected chi connectivity index (χ3v) is 7.45. The van der Waals surface area contributed by atoms with E-state index in [1.165, 1.54) is 23.3 Å². The van der Waals surface area contributed by atoms with Gasteiger partial charge in [-0.25, -0.2) is 12.8 Å². The summed E-state index contributed by atoms with van der Waals surface area (Å²) in [7, 11) is -4.44. The molecule has 0 bridgehead atoms. The van der Waals surface area contributed by atoms with Crippen LogP contribution in [0.3, 0.4) is 0 Å². The van der Waals surface area contributed by atoms with Crippen molar-refractivity contribution in [2.24, 2.45) is 0 Å². The fourth-order valence-corrected chi connectivity index (χ4v) is 5.15. The van der Waals surface area contributed by atoms with Crippen molar-refractivity contribution in [2.75, 3.05) is 26.2 Å². The number of rotatable bonds is 6. The lowest BCUT2D eigenvalue weighted by atomic mass is 10.2. The van der Waals surface area contributed by atoms with Crippen molar-refractivity contribution in [3.63, 3.8) is 0 Å². The van der Waals surface area contributed by atoms with Crippen molar-refractivity contribution in [1.82, 2.24) is 15.1 Å². The Balaban J connectivity index is 1.54. The molecule has 1 aliphatic rings. The Hall–Kier alpha value is -3.99. The summed E-state index contributed by atoms with van der Waals surface area (Å²) in [6.45, 7) is 0.525. The number of sulfone groups is 1.